The number of rotatable bonds is 5. The van der Waals surface area contributed by atoms with Crippen molar-refractivity contribution in [3.05, 3.63) is 48.2 Å². The van der Waals surface area contributed by atoms with E-state index in [1.165, 1.54) is 12.3 Å². The zero-order chi connectivity index (χ0) is 25.9. The smallest absolute Gasteiger partial charge is 0.344 e. The van der Waals surface area contributed by atoms with Crippen LogP contribution in [0, 0.1) is 6.92 Å². The quantitative estimate of drug-likeness (QED) is 0.336. The Morgan fingerprint density at radius 3 is 2.59 bits per heavy atom. The van der Waals surface area contributed by atoms with Gasteiger partial charge < -0.3 is 14.5 Å². The van der Waals surface area contributed by atoms with Gasteiger partial charge in [0, 0.05) is 37.1 Å². The highest BCUT2D eigenvalue weighted by molar-refractivity contribution is 5.74. The van der Waals surface area contributed by atoms with E-state index in [-0.39, 0.29) is 24.5 Å². The number of nitrogens with zero attached hydrogens (tertiary/aromatic N) is 7. The van der Waals surface area contributed by atoms with Gasteiger partial charge in [-0.05, 0) is 49.4 Å². The van der Waals surface area contributed by atoms with Crippen LogP contribution < -0.4 is 5.32 Å². The van der Waals surface area contributed by atoms with Crippen LogP contribution in [0.1, 0.15) is 43.6 Å². The summed E-state index contributed by atoms with van der Waals surface area (Å²) in [6.07, 6.45) is 1.64. The molecule has 2 aliphatic rings. The van der Waals surface area contributed by atoms with Crippen LogP contribution in [0.15, 0.2) is 36.8 Å². The summed E-state index contributed by atoms with van der Waals surface area (Å²) in [5.41, 5.74) is 1.21. The Labute approximate surface area is 208 Å². The fourth-order valence-electron chi connectivity index (χ4n) is 5.26. The van der Waals surface area contributed by atoms with Crippen molar-refractivity contribution in [1.29, 1.82) is 0 Å². The van der Waals surface area contributed by atoms with Gasteiger partial charge in [0.05, 0.1) is 11.9 Å². The average molecular weight is 518 g/mol. The van der Waals surface area contributed by atoms with E-state index in [2.05, 4.69) is 25.6 Å². The van der Waals surface area contributed by atoms with Gasteiger partial charge >= 0.3 is 12.7 Å². The Morgan fingerprint density at radius 1 is 1.08 bits per heavy atom. The zero-order valence-electron chi connectivity index (χ0n) is 19.8. The molecule has 4 aromatic heterocycles. The number of hydrogen-bond donors (Lipinski definition) is 1. The lowest BCUT2D eigenvalue weighted by atomic mass is 9.67. The Bertz CT molecular complexity index is 1460. The van der Waals surface area contributed by atoms with Crippen molar-refractivity contribution in [2.45, 2.75) is 63.8 Å². The molecule has 1 aliphatic heterocycles. The number of hydrogen-bond acceptors (Lipinski definition) is 5. The summed E-state index contributed by atoms with van der Waals surface area (Å²) in [5.74, 6) is 0.868. The normalized spacial score (nSPS) is 16.7. The maximum absolute atomic E-state index is 14.1. The standard InChI is InChI=1S/C24H23F5N8/c1-14-12-30-18(32-19-4-7-31-37(19)22(25)26)11-16(14)15-10-17-20-33-34-21(23(5-2-6-23)24(27,28)29)36(20)9-3-8-35(17)13-15/h4,7,10-13,22H,2-3,5-6,8-9H2,1H3,(H,30,32). The fraction of sp³-hybridized carbons (Fsp3) is 0.417. The fourth-order valence-corrected chi connectivity index (χ4v) is 5.26. The van der Waals surface area contributed by atoms with Crippen molar-refractivity contribution >= 4 is 11.6 Å². The molecule has 4 aromatic rings. The van der Waals surface area contributed by atoms with Gasteiger partial charge in [-0.15, -0.1) is 10.2 Å². The lowest BCUT2D eigenvalue weighted by molar-refractivity contribution is -0.216. The molecule has 37 heavy (non-hydrogen) atoms. The van der Waals surface area contributed by atoms with Crippen LogP contribution in [-0.4, -0.2) is 40.3 Å². The van der Waals surface area contributed by atoms with E-state index >= 15 is 0 Å². The molecule has 6 rings (SSSR count). The van der Waals surface area contributed by atoms with Crippen LogP contribution in [0.25, 0.3) is 22.6 Å². The van der Waals surface area contributed by atoms with Gasteiger partial charge in [0.15, 0.2) is 5.82 Å². The number of fused-ring (bicyclic) bond motifs is 3. The van der Waals surface area contributed by atoms with E-state index < -0.39 is 18.1 Å². The van der Waals surface area contributed by atoms with Crippen LogP contribution in [0.3, 0.4) is 0 Å². The molecule has 0 bridgehead atoms. The minimum Gasteiger partial charge on any atom is -0.344 e. The van der Waals surface area contributed by atoms with E-state index in [0.29, 0.717) is 47.9 Å². The number of anilines is 2. The molecule has 0 spiro atoms. The number of aromatic nitrogens is 7. The van der Waals surface area contributed by atoms with Crippen molar-refractivity contribution in [2.75, 3.05) is 5.32 Å². The summed E-state index contributed by atoms with van der Waals surface area (Å²) in [6.45, 7) is 0.0956. The van der Waals surface area contributed by atoms with Gasteiger partial charge in [0.2, 0.25) is 0 Å². The number of aryl methyl sites for hydroxylation is 2. The maximum atomic E-state index is 14.1. The second-order valence-electron chi connectivity index (χ2n) is 9.54. The third-order valence-electron chi connectivity index (χ3n) is 7.36. The SMILES string of the molecule is Cc1cnc(Nc2ccnn2C(F)F)cc1-c1cc2n(c1)CCCn1c-2nnc1C1(C(F)(F)F)CCC1. The first-order valence-electron chi connectivity index (χ1n) is 11.9. The molecule has 1 aliphatic carbocycles. The van der Waals surface area contributed by atoms with E-state index in [1.807, 2.05) is 23.8 Å². The van der Waals surface area contributed by atoms with Gasteiger partial charge in [-0.3, -0.25) is 0 Å². The van der Waals surface area contributed by atoms with Crippen LogP contribution in [0.5, 0.6) is 0 Å². The van der Waals surface area contributed by atoms with Crippen LogP contribution >= 0.6 is 0 Å². The van der Waals surface area contributed by atoms with E-state index in [4.69, 9.17) is 0 Å². The molecule has 0 amide bonds. The lowest BCUT2D eigenvalue weighted by Gasteiger charge is -2.42. The van der Waals surface area contributed by atoms with Gasteiger partial charge in [-0.25, -0.2) is 4.98 Å². The van der Waals surface area contributed by atoms with Crippen molar-refractivity contribution in [3.63, 3.8) is 0 Å². The van der Waals surface area contributed by atoms with Crippen molar-refractivity contribution in [3.8, 4) is 22.6 Å². The summed E-state index contributed by atoms with van der Waals surface area (Å²) in [4.78, 5) is 4.30. The highest BCUT2D eigenvalue weighted by atomic mass is 19.4. The lowest BCUT2D eigenvalue weighted by Crippen LogP contribution is -2.49. The summed E-state index contributed by atoms with van der Waals surface area (Å²) >= 11 is 0. The molecule has 0 atom stereocenters. The van der Waals surface area contributed by atoms with E-state index in [1.54, 1.807) is 16.8 Å². The Kier molecular flexibility index (Phi) is 5.35. The average Bonchev–Trinajstić information content (AvgIpc) is 3.51. The molecule has 0 saturated heterocycles. The van der Waals surface area contributed by atoms with Gasteiger partial charge in [-0.2, -0.15) is 31.7 Å². The highest BCUT2D eigenvalue weighted by Crippen LogP contribution is 2.54. The summed E-state index contributed by atoms with van der Waals surface area (Å²) in [6, 6.07) is 5.05. The molecule has 194 valence electrons. The molecular formula is C24H23F5N8. The molecule has 5 heterocycles. The van der Waals surface area contributed by atoms with Crippen molar-refractivity contribution in [2.24, 2.45) is 0 Å². The summed E-state index contributed by atoms with van der Waals surface area (Å²) < 4.78 is 72.7. The minimum absolute atomic E-state index is 0.000306. The first-order chi connectivity index (χ1) is 17.7. The molecule has 1 fully saturated rings. The van der Waals surface area contributed by atoms with Crippen LogP contribution in [-0.2, 0) is 18.5 Å². The maximum Gasteiger partial charge on any atom is 0.401 e. The third-order valence-corrected chi connectivity index (χ3v) is 7.36. The van der Waals surface area contributed by atoms with Crippen LogP contribution in [0.2, 0.25) is 0 Å². The molecule has 0 aromatic carbocycles. The predicted octanol–water partition coefficient (Wildman–Crippen LogP) is 5.84. The predicted molar refractivity (Wildman–Crippen MR) is 124 cm³/mol. The molecule has 13 heteroatoms. The van der Waals surface area contributed by atoms with E-state index in [0.717, 1.165) is 16.7 Å². The number of pyridine rings is 1. The monoisotopic (exact) mass is 518 g/mol. The number of halogens is 5. The Hall–Kier alpha value is -3.77. The molecule has 1 N–H and O–H groups in total. The van der Waals surface area contributed by atoms with Gasteiger partial charge in [-0.1, -0.05) is 6.42 Å². The second-order valence-corrected chi connectivity index (χ2v) is 9.54. The van der Waals surface area contributed by atoms with Gasteiger partial charge in [0.25, 0.3) is 0 Å². The summed E-state index contributed by atoms with van der Waals surface area (Å²) in [5, 5.41) is 14.8. The molecule has 1 saturated carbocycles. The molecule has 0 radical (unpaired) electrons. The first-order valence-corrected chi connectivity index (χ1v) is 11.9. The zero-order valence-corrected chi connectivity index (χ0v) is 19.8. The van der Waals surface area contributed by atoms with E-state index in [9.17, 15) is 22.0 Å². The Morgan fingerprint density at radius 2 is 1.89 bits per heavy atom. The Balaban J connectivity index is 1.38. The summed E-state index contributed by atoms with van der Waals surface area (Å²) in [7, 11) is 0. The largest absolute Gasteiger partial charge is 0.401 e. The minimum atomic E-state index is -4.38. The van der Waals surface area contributed by atoms with Crippen LogP contribution in [0.4, 0.5) is 33.6 Å². The second kappa shape index (κ2) is 8.38. The first kappa shape index (κ1) is 23.6. The number of nitrogens with one attached hydrogen (secondary N) is 1. The van der Waals surface area contributed by atoms with Crippen molar-refractivity contribution in [1.82, 2.24) is 34.1 Å². The molecule has 8 nitrogen and oxygen atoms in total. The third kappa shape index (κ3) is 3.70. The molecular weight excluding hydrogens is 495 g/mol. The topological polar surface area (TPSA) is 78.4 Å². The highest BCUT2D eigenvalue weighted by Gasteiger charge is 2.62. The number of alkyl halides is 5. The van der Waals surface area contributed by atoms with Gasteiger partial charge in [0.1, 0.15) is 22.9 Å². The molecule has 0 unspecified atom stereocenters. The van der Waals surface area contributed by atoms with Crippen molar-refractivity contribution < 1.29 is 22.0 Å².